The number of piperidine rings is 1. The molecule has 5 heteroatoms. The van der Waals surface area contributed by atoms with Gasteiger partial charge in [0.1, 0.15) is 0 Å². The monoisotopic (exact) mass is 281 g/mol. The van der Waals surface area contributed by atoms with Crippen LogP contribution in [0, 0.1) is 11.8 Å². The van der Waals surface area contributed by atoms with E-state index in [4.69, 9.17) is 0 Å². The topological polar surface area (TPSA) is 52.7 Å². The lowest BCUT2D eigenvalue weighted by molar-refractivity contribution is -0.131. The molecule has 0 radical (unpaired) electrons. The van der Waals surface area contributed by atoms with Crippen LogP contribution in [0.1, 0.15) is 32.1 Å². The number of carbonyl (C=O) groups is 2. The van der Waals surface area contributed by atoms with Crippen molar-refractivity contribution in [2.45, 2.75) is 32.1 Å². The molecule has 2 fully saturated rings. The fraction of sp³-hybridized carbons (Fsp3) is 0.867. The summed E-state index contributed by atoms with van der Waals surface area (Å²) < 4.78 is 0. The van der Waals surface area contributed by atoms with E-state index in [2.05, 4.69) is 10.2 Å². The Morgan fingerprint density at radius 1 is 1.15 bits per heavy atom. The Balaban J connectivity index is 1.70. The van der Waals surface area contributed by atoms with Gasteiger partial charge in [-0.1, -0.05) is 19.3 Å². The van der Waals surface area contributed by atoms with Crippen LogP contribution in [0.5, 0.6) is 0 Å². The van der Waals surface area contributed by atoms with Gasteiger partial charge in [0.05, 0.1) is 13.1 Å². The maximum Gasteiger partial charge on any atom is 0.241 e. The highest BCUT2D eigenvalue weighted by Crippen LogP contribution is 2.35. The van der Waals surface area contributed by atoms with Gasteiger partial charge in [-0.2, -0.15) is 0 Å². The predicted molar refractivity (Wildman–Crippen MR) is 78.2 cm³/mol. The first-order valence-corrected chi connectivity index (χ1v) is 7.75. The molecule has 1 aliphatic heterocycles. The lowest BCUT2D eigenvalue weighted by atomic mass is 9.75. The van der Waals surface area contributed by atoms with E-state index in [1.54, 1.807) is 14.1 Å². The smallest absolute Gasteiger partial charge is 0.241 e. The first-order valence-electron chi connectivity index (χ1n) is 7.75. The van der Waals surface area contributed by atoms with Crippen LogP contribution in [0.25, 0.3) is 0 Å². The number of rotatable bonds is 4. The summed E-state index contributed by atoms with van der Waals surface area (Å²) in [6.45, 7) is 2.62. The molecule has 0 spiro atoms. The molecule has 2 atom stereocenters. The van der Waals surface area contributed by atoms with Crippen LogP contribution in [0.3, 0.4) is 0 Å². The Labute approximate surface area is 121 Å². The Morgan fingerprint density at radius 3 is 2.55 bits per heavy atom. The highest BCUT2D eigenvalue weighted by molar-refractivity contribution is 5.85. The van der Waals surface area contributed by atoms with Gasteiger partial charge in [0.2, 0.25) is 11.8 Å². The van der Waals surface area contributed by atoms with E-state index in [9.17, 15) is 9.59 Å². The van der Waals surface area contributed by atoms with Gasteiger partial charge in [0.25, 0.3) is 0 Å². The lowest BCUT2D eigenvalue weighted by Crippen LogP contribution is -2.47. The largest absolute Gasteiger partial charge is 0.347 e. The summed E-state index contributed by atoms with van der Waals surface area (Å²) in [6.07, 6.45) is 6.66. The molecular formula is C15H27N3O2. The highest BCUT2D eigenvalue weighted by atomic mass is 16.2. The van der Waals surface area contributed by atoms with Crippen molar-refractivity contribution in [3.63, 3.8) is 0 Å². The van der Waals surface area contributed by atoms with Crippen molar-refractivity contribution in [1.82, 2.24) is 15.1 Å². The van der Waals surface area contributed by atoms with Crippen molar-refractivity contribution >= 4 is 11.8 Å². The van der Waals surface area contributed by atoms with E-state index < -0.39 is 0 Å². The third-order valence-corrected chi connectivity index (χ3v) is 4.68. The average Bonchev–Trinajstić information content (AvgIpc) is 2.44. The van der Waals surface area contributed by atoms with E-state index in [1.807, 2.05) is 0 Å². The van der Waals surface area contributed by atoms with Crippen LogP contribution in [0.15, 0.2) is 0 Å². The zero-order chi connectivity index (χ0) is 14.5. The summed E-state index contributed by atoms with van der Waals surface area (Å²) in [5.74, 6) is 1.57. The summed E-state index contributed by atoms with van der Waals surface area (Å²) in [5.41, 5.74) is 0. The average molecular weight is 281 g/mol. The molecule has 1 aliphatic carbocycles. The van der Waals surface area contributed by atoms with Gasteiger partial charge in [-0.25, -0.2) is 0 Å². The molecule has 0 aromatic heterocycles. The number of likely N-dealkylation sites (tertiary alicyclic amines) is 1. The summed E-state index contributed by atoms with van der Waals surface area (Å²) in [4.78, 5) is 27.0. The normalized spacial score (nSPS) is 26.7. The van der Waals surface area contributed by atoms with Gasteiger partial charge in [0, 0.05) is 20.6 Å². The van der Waals surface area contributed by atoms with Crippen LogP contribution in [-0.4, -0.2) is 61.9 Å². The van der Waals surface area contributed by atoms with Gasteiger partial charge >= 0.3 is 0 Å². The first-order chi connectivity index (χ1) is 9.56. The summed E-state index contributed by atoms with van der Waals surface area (Å²) >= 11 is 0. The number of likely N-dealkylation sites (N-methyl/N-ethyl adjacent to an activating group) is 1. The standard InChI is InChI=1S/C15H27N3O2/c1-17(2)15(20)9-16-14(19)11-18-8-7-12-5-3-4-6-13(12)10-18/h12-13H,3-11H2,1-2H3,(H,16,19)/t12-,13-/m1/s1. The SMILES string of the molecule is CN(C)C(=O)CNC(=O)CN1CC[C@H]2CCCC[C@@H]2C1. The van der Waals surface area contributed by atoms with Crippen molar-refractivity contribution in [2.24, 2.45) is 11.8 Å². The maximum atomic E-state index is 11.9. The van der Waals surface area contributed by atoms with Crippen molar-refractivity contribution < 1.29 is 9.59 Å². The molecule has 1 saturated heterocycles. The van der Waals surface area contributed by atoms with Crippen LogP contribution < -0.4 is 5.32 Å². The zero-order valence-electron chi connectivity index (χ0n) is 12.7. The second kappa shape index (κ2) is 7.07. The Hall–Kier alpha value is -1.10. The molecule has 5 nitrogen and oxygen atoms in total. The first kappa shape index (κ1) is 15.3. The molecule has 114 valence electrons. The molecule has 0 aromatic carbocycles. The number of amides is 2. The second-order valence-corrected chi connectivity index (χ2v) is 6.39. The lowest BCUT2D eigenvalue weighted by Gasteiger charge is -2.41. The van der Waals surface area contributed by atoms with Crippen LogP contribution in [-0.2, 0) is 9.59 Å². The van der Waals surface area contributed by atoms with E-state index >= 15 is 0 Å². The molecule has 20 heavy (non-hydrogen) atoms. The summed E-state index contributed by atoms with van der Waals surface area (Å²) in [7, 11) is 3.39. The van der Waals surface area contributed by atoms with Gasteiger partial charge in [-0.3, -0.25) is 14.5 Å². The molecule has 2 rings (SSSR count). The van der Waals surface area contributed by atoms with Crippen molar-refractivity contribution in [2.75, 3.05) is 40.3 Å². The number of nitrogens with one attached hydrogen (secondary N) is 1. The van der Waals surface area contributed by atoms with E-state index in [-0.39, 0.29) is 18.4 Å². The number of nitrogens with zero attached hydrogens (tertiary/aromatic N) is 2. The third-order valence-electron chi connectivity index (χ3n) is 4.68. The van der Waals surface area contributed by atoms with Gasteiger partial charge in [-0.05, 0) is 31.2 Å². The molecule has 0 unspecified atom stereocenters. The Kier molecular flexibility index (Phi) is 5.40. The molecule has 1 heterocycles. The molecule has 1 N–H and O–H groups in total. The number of hydrogen-bond acceptors (Lipinski definition) is 3. The third kappa shape index (κ3) is 4.20. The van der Waals surface area contributed by atoms with Crippen LogP contribution in [0.2, 0.25) is 0 Å². The summed E-state index contributed by atoms with van der Waals surface area (Å²) in [6, 6.07) is 0. The fourth-order valence-corrected chi connectivity index (χ4v) is 3.41. The van der Waals surface area contributed by atoms with E-state index in [0.29, 0.717) is 6.54 Å². The fourth-order valence-electron chi connectivity index (χ4n) is 3.41. The Morgan fingerprint density at radius 2 is 1.85 bits per heavy atom. The molecule has 2 aliphatic rings. The van der Waals surface area contributed by atoms with Crippen molar-refractivity contribution in [3.05, 3.63) is 0 Å². The Bertz CT molecular complexity index is 357. The van der Waals surface area contributed by atoms with Gasteiger partial charge in [0.15, 0.2) is 0 Å². The minimum atomic E-state index is -0.0654. The van der Waals surface area contributed by atoms with Crippen LogP contribution in [0.4, 0.5) is 0 Å². The highest BCUT2D eigenvalue weighted by Gasteiger charge is 2.31. The minimum absolute atomic E-state index is 0.0329. The number of hydrogen-bond donors (Lipinski definition) is 1. The van der Waals surface area contributed by atoms with Gasteiger partial charge < -0.3 is 10.2 Å². The van der Waals surface area contributed by atoms with Gasteiger partial charge in [-0.15, -0.1) is 0 Å². The second-order valence-electron chi connectivity index (χ2n) is 6.39. The van der Waals surface area contributed by atoms with Crippen LogP contribution >= 0.6 is 0 Å². The zero-order valence-corrected chi connectivity index (χ0v) is 12.7. The molecule has 2 amide bonds. The maximum absolute atomic E-state index is 11.9. The van der Waals surface area contributed by atoms with Crippen molar-refractivity contribution in [3.8, 4) is 0 Å². The molecule has 1 saturated carbocycles. The van der Waals surface area contributed by atoms with E-state index in [1.165, 1.54) is 37.0 Å². The predicted octanol–water partition coefficient (Wildman–Crippen LogP) is 0.703. The molecule has 0 bridgehead atoms. The summed E-state index contributed by atoms with van der Waals surface area (Å²) in [5, 5.41) is 2.71. The van der Waals surface area contributed by atoms with E-state index in [0.717, 1.165) is 24.9 Å². The van der Waals surface area contributed by atoms with Crippen molar-refractivity contribution in [1.29, 1.82) is 0 Å². The minimum Gasteiger partial charge on any atom is -0.347 e. The number of carbonyl (C=O) groups excluding carboxylic acids is 2. The quantitative estimate of drug-likeness (QED) is 0.825. The molecular weight excluding hydrogens is 254 g/mol. The number of fused-ring (bicyclic) bond motifs is 1. The molecule has 0 aromatic rings.